The van der Waals surface area contributed by atoms with E-state index in [2.05, 4.69) is 5.32 Å². The van der Waals surface area contributed by atoms with E-state index in [0.717, 1.165) is 0 Å². The van der Waals surface area contributed by atoms with Gasteiger partial charge in [-0.3, -0.25) is 0 Å². The third-order valence-electron chi connectivity index (χ3n) is 0. The molecule has 28 valence electrons. The van der Waals surface area contributed by atoms with E-state index in [1.807, 2.05) is 14.1 Å². The summed E-state index contributed by atoms with van der Waals surface area (Å²) in [5, 5.41) is 2.75. The normalized spacial score (nSPS) is 4.50. The molecule has 0 atom stereocenters. The van der Waals surface area contributed by atoms with Crippen molar-refractivity contribution in [2.75, 3.05) is 14.1 Å². The van der Waals surface area contributed by atoms with Crippen molar-refractivity contribution < 1.29 is 1.43 Å². The van der Waals surface area contributed by atoms with E-state index in [1.165, 1.54) is 0 Å². The zero-order valence-corrected chi connectivity index (χ0v) is 2.50. The van der Waals surface area contributed by atoms with E-state index in [4.69, 9.17) is 0 Å². The van der Waals surface area contributed by atoms with Crippen LogP contribution in [-0.4, -0.2) is 22.5 Å². The van der Waals surface area contributed by atoms with E-state index in [-0.39, 0.29) is 9.84 Å². The molecule has 0 aromatic rings. The van der Waals surface area contributed by atoms with Gasteiger partial charge in [-0.05, 0) is 14.1 Å². The van der Waals surface area contributed by atoms with Crippen LogP contribution >= 0.6 is 0 Å². The lowest BCUT2D eigenvalue weighted by atomic mass is 10.8. The van der Waals surface area contributed by atoms with Gasteiger partial charge in [0.15, 0.2) is 0 Å². The fourth-order valence-corrected chi connectivity index (χ4v) is 0. The molecular formula is C2H12BN. The van der Waals surface area contributed by atoms with Crippen LogP contribution in [-0.2, 0) is 0 Å². The molecule has 0 aromatic heterocycles. The third-order valence-corrected chi connectivity index (χ3v) is 0. The van der Waals surface area contributed by atoms with E-state index in [9.17, 15) is 0 Å². The van der Waals surface area contributed by atoms with Gasteiger partial charge in [-0.2, -0.15) is 0 Å². The first-order chi connectivity index (χ1) is 1.41. The molecule has 0 bridgehead atoms. The maximum absolute atomic E-state index is 2.75. The standard InChI is InChI=1S/C2H7N.BH3.H2/c1-3-2;;/h3H,1-2H3;1H3;1H. The van der Waals surface area contributed by atoms with Gasteiger partial charge in [-0.25, -0.2) is 0 Å². The third kappa shape index (κ3) is 3420. The number of nitrogens with one attached hydrogen (secondary N) is 1. The van der Waals surface area contributed by atoms with Crippen molar-refractivity contribution >= 4 is 8.41 Å². The summed E-state index contributed by atoms with van der Waals surface area (Å²) in [6.45, 7) is 0. The Morgan fingerprint density at radius 3 is 1.50 bits per heavy atom. The van der Waals surface area contributed by atoms with Gasteiger partial charge >= 0.3 is 0 Å². The van der Waals surface area contributed by atoms with Crippen LogP contribution in [0, 0.1) is 0 Å². The van der Waals surface area contributed by atoms with Gasteiger partial charge in [0.1, 0.15) is 0 Å². The monoisotopic (exact) mass is 61.1 g/mol. The highest BCUT2D eigenvalue weighted by Gasteiger charge is 1.25. The van der Waals surface area contributed by atoms with Crippen LogP contribution in [0.2, 0.25) is 0 Å². The Kier molecular flexibility index (Phi) is 26.5. The Labute approximate surface area is 30.5 Å². The lowest BCUT2D eigenvalue weighted by Crippen LogP contribution is -1.89. The molecule has 0 aromatic carbocycles. The van der Waals surface area contributed by atoms with Crippen molar-refractivity contribution in [2.24, 2.45) is 0 Å². The molecule has 0 rings (SSSR count). The van der Waals surface area contributed by atoms with Gasteiger partial charge in [0.25, 0.3) is 0 Å². The summed E-state index contributed by atoms with van der Waals surface area (Å²) in [6, 6.07) is 0. The van der Waals surface area contributed by atoms with Crippen molar-refractivity contribution in [1.29, 1.82) is 0 Å². The highest BCUT2D eigenvalue weighted by Crippen LogP contribution is 0.981. The molecule has 0 heterocycles. The summed E-state index contributed by atoms with van der Waals surface area (Å²) in [6.07, 6.45) is 0. The van der Waals surface area contributed by atoms with E-state index >= 15 is 0 Å². The Morgan fingerprint density at radius 1 is 1.50 bits per heavy atom. The van der Waals surface area contributed by atoms with Crippen molar-refractivity contribution in [3.05, 3.63) is 0 Å². The molecule has 0 fully saturated rings. The minimum Gasteiger partial charge on any atom is -0.323 e. The highest BCUT2D eigenvalue weighted by molar-refractivity contribution is 5.75. The first-order valence-electron chi connectivity index (χ1n) is 1.00. The predicted octanol–water partition coefficient (Wildman–Crippen LogP) is -1.10. The molecule has 0 saturated heterocycles. The van der Waals surface area contributed by atoms with Crippen LogP contribution in [0.1, 0.15) is 1.43 Å². The maximum atomic E-state index is 2.75. The van der Waals surface area contributed by atoms with Gasteiger partial charge in [0.05, 0.1) is 8.41 Å². The SMILES string of the molecule is B.CNC.[HH]. The summed E-state index contributed by atoms with van der Waals surface area (Å²) in [5.74, 6) is 0. The molecule has 0 radical (unpaired) electrons. The number of rotatable bonds is 0. The second-order valence-electron chi connectivity index (χ2n) is 0.500. The fraction of sp³-hybridized carbons (Fsp3) is 1.00. The van der Waals surface area contributed by atoms with Gasteiger partial charge in [-0.15, -0.1) is 0 Å². The predicted molar refractivity (Wildman–Crippen MR) is 27.0 cm³/mol. The first-order valence-corrected chi connectivity index (χ1v) is 1.00. The van der Waals surface area contributed by atoms with E-state index in [1.54, 1.807) is 0 Å². The molecule has 0 aliphatic heterocycles. The Hall–Kier alpha value is 0.0249. The summed E-state index contributed by atoms with van der Waals surface area (Å²) < 4.78 is 0. The quantitative estimate of drug-likeness (QED) is 0.350. The van der Waals surface area contributed by atoms with Crippen molar-refractivity contribution in [1.82, 2.24) is 5.32 Å². The van der Waals surface area contributed by atoms with E-state index < -0.39 is 0 Å². The second-order valence-corrected chi connectivity index (χ2v) is 0.500. The lowest BCUT2D eigenvalue weighted by Gasteiger charge is -1.59. The minimum atomic E-state index is 0. The maximum Gasteiger partial charge on any atom is 0.0814 e. The summed E-state index contributed by atoms with van der Waals surface area (Å²) in [4.78, 5) is 0. The number of hydrogen-bond donors (Lipinski definition) is 1. The number of hydrogen-bond acceptors (Lipinski definition) is 1. The minimum absolute atomic E-state index is 0. The van der Waals surface area contributed by atoms with Crippen LogP contribution in [0.15, 0.2) is 0 Å². The van der Waals surface area contributed by atoms with Gasteiger partial charge in [-0.1, -0.05) is 0 Å². The van der Waals surface area contributed by atoms with Gasteiger partial charge in [0.2, 0.25) is 0 Å². The summed E-state index contributed by atoms with van der Waals surface area (Å²) in [5.41, 5.74) is 0. The zero-order valence-electron chi connectivity index (χ0n) is 2.50. The van der Waals surface area contributed by atoms with Crippen LogP contribution in [0.25, 0.3) is 0 Å². The molecular weight excluding hydrogens is 48.8 g/mol. The molecule has 4 heavy (non-hydrogen) atoms. The van der Waals surface area contributed by atoms with Crippen LogP contribution in [0.4, 0.5) is 0 Å². The van der Waals surface area contributed by atoms with Crippen LogP contribution in [0.5, 0.6) is 0 Å². The summed E-state index contributed by atoms with van der Waals surface area (Å²) >= 11 is 0. The molecule has 0 aliphatic rings. The molecule has 1 N–H and O–H groups in total. The molecule has 0 saturated carbocycles. The highest BCUT2D eigenvalue weighted by atomic mass is 14.7. The van der Waals surface area contributed by atoms with Gasteiger partial charge < -0.3 is 5.32 Å². The molecule has 0 amide bonds. The van der Waals surface area contributed by atoms with Crippen molar-refractivity contribution in [2.45, 2.75) is 0 Å². The largest absolute Gasteiger partial charge is 0.323 e. The average molecular weight is 60.9 g/mol. The zero-order chi connectivity index (χ0) is 2.71. The molecule has 0 unspecified atom stereocenters. The van der Waals surface area contributed by atoms with Crippen molar-refractivity contribution in [3.63, 3.8) is 0 Å². The fourth-order valence-electron chi connectivity index (χ4n) is 0. The molecule has 1 nitrogen and oxygen atoms in total. The molecule has 0 aliphatic carbocycles. The Balaban J connectivity index is -0.0000000200. The Bertz CT molecular complexity index is 9.61. The first kappa shape index (κ1) is 8.98. The smallest absolute Gasteiger partial charge is 0.0814 e. The second kappa shape index (κ2) is 11.8. The average Bonchev–Trinajstić information content (AvgIpc) is 0.918. The molecule has 2 heteroatoms. The summed E-state index contributed by atoms with van der Waals surface area (Å²) in [7, 11) is 3.75. The topological polar surface area (TPSA) is 12.0 Å². The lowest BCUT2D eigenvalue weighted by molar-refractivity contribution is 1.02. The molecule has 0 spiro atoms. The van der Waals surface area contributed by atoms with Crippen molar-refractivity contribution in [3.8, 4) is 0 Å². The Morgan fingerprint density at radius 2 is 1.50 bits per heavy atom. The van der Waals surface area contributed by atoms with Crippen LogP contribution in [0.3, 0.4) is 0 Å². The van der Waals surface area contributed by atoms with E-state index in [0.29, 0.717) is 0 Å². The van der Waals surface area contributed by atoms with Gasteiger partial charge in [0, 0.05) is 1.43 Å². The van der Waals surface area contributed by atoms with Crippen LogP contribution < -0.4 is 5.32 Å².